The molecule has 3 aromatic rings. The number of amides is 2. The van der Waals surface area contributed by atoms with Gasteiger partial charge in [0.05, 0.1) is 21.8 Å². The van der Waals surface area contributed by atoms with Crippen molar-refractivity contribution in [3.05, 3.63) is 70.0 Å². The van der Waals surface area contributed by atoms with E-state index < -0.39 is 0 Å². The Kier molecular flexibility index (Phi) is 8.17. The zero-order valence-corrected chi connectivity index (χ0v) is 20.1. The van der Waals surface area contributed by atoms with E-state index in [-0.39, 0.29) is 29.5 Å². The Morgan fingerprint density at radius 3 is 2.44 bits per heavy atom. The second kappa shape index (κ2) is 10.8. The topological polar surface area (TPSA) is 88.9 Å². The maximum atomic E-state index is 12.8. The molecule has 7 nitrogen and oxygen atoms in total. The average molecular weight is 492 g/mol. The largest absolute Gasteiger partial charge is 0.342 e. The second-order valence-corrected chi connectivity index (χ2v) is 9.18. The van der Waals surface area contributed by atoms with Crippen molar-refractivity contribution in [1.29, 1.82) is 0 Å². The molecule has 0 saturated carbocycles. The molecule has 0 fully saturated rings. The summed E-state index contributed by atoms with van der Waals surface area (Å²) in [6.07, 6.45) is 0. The first-order valence-corrected chi connectivity index (χ1v) is 11.6. The number of carbonyl (C=O) groups is 2. The summed E-state index contributed by atoms with van der Waals surface area (Å²) in [5.41, 5.74) is 1.14. The third kappa shape index (κ3) is 6.03. The van der Waals surface area contributed by atoms with Crippen LogP contribution in [-0.4, -0.2) is 32.3 Å². The van der Waals surface area contributed by atoms with Crippen molar-refractivity contribution in [1.82, 2.24) is 20.1 Å². The van der Waals surface area contributed by atoms with Crippen molar-refractivity contribution in [2.24, 2.45) is 13.0 Å². The molecule has 0 aliphatic carbocycles. The average Bonchev–Trinajstić information content (AvgIpc) is 3.12. The maximum Gasteiger partial charge on any atom is 0.251 e. The zero-order chi connectivity index (χ0) is 23.3. The monoisotopic (exact) mass is 491 g/mol. The van der Waals surface area contributed by atoms with E-state index in [4.69, 9.17) is 23.2 Å². The van der Waals surface area contributed by atoms with Gasteiger partial charge in [-0.05, 0) is 36.2 Å². The van der Waals surface area contributed by atoms with Crippen molar-refractivity contribution in [3.63, 3.8) is 0 Å². The quantitative estimate of drug-likeness (QED) is 0.433. The predicted octanol–water partition coefficient (Wildman–Crippen LogP) is 4.98. The lowest BCUT2D eigenvalue weighted by molar-refractivity contribution is -0.113. The molecule has 0 spiro atoms. The molecule has 0 bridgehead atoms. The molecule has 0 saturated heterocycles. The summed E-state index contributed by atoms with van der Waals surface area (Å²) < 4.78 is 1.79. The van der Waals surface area contributed by atoms with E-state index in [2.05, 4.69) is 20.8 Å². The fourth-order valence-electron chi connectivity index (χ4n) is 2.96. The first kappa shape index (κ1) is 24.1. The van der Waals surface area contributed by atoms with Crippen LogP contribution < -0.4 is 10.6 Å². The van der Waals surface area contributed by atoms with Gasteiger partial charge in [0, 0.05) is 18.3 Å². The number of hydrogen-bond donors (Lipinski definition) is 2. The molecule has 2 amide bonds. The Morgan fingerprint density at radius 1 is 1.06 bits per heavy atom. The van der Waals surface area contributed by atoms with Gasteiger partial charge in [-0.2, -0.15) is 0 Å². The van der Waals surface area contributed by atoms with Crippen molar-refractivity contribution >= 4 is 52.5 Å². The molecular formula is C22H23Cl2N5O2S. The van der Waals surface area contributed by atoms with Gasteiger partial charge >= 0.3 is 0 Å². The molecule has 2 N–H and O–H groups in total. The number of hydrogen-bond acceptors (Lipinski definition) is 5. The maximum absolute atomic E-state index is 12.8. The number of nitrogens with zero attached hydrogens (tertiary/aromatic N) is 3. The first-order valence-electron chi connectivity index (χ1n) is 9.89. The van der Waals surface area contributed by atoms with Crippen LogP contribution in [0.4, 0.5) is 5.69 Å². The van der Waals surface area contributed by atoms with E-state index >= 15 is 0 Å². The number of benzene rings is 2. The predicted molar refractivity (Wildman–Crippen MR) is 128 cm³/mol. The molecule has 0 radical (unpaired) electrons. The number of anilines is 1. The van der Waals surface area contributed by atoms with E-state index in [0.717, 1.165) is 5.69 Å². The van der Waals surface area contributed by atoms with Crippen LogP contribution in [0.1, 0.15) is 36.1 Å². The van der Waals surface area contributed by atoms with Crippen LogP contribution in [0, 0.1) is 5.92 Å². The first-order chi connectivity index (χ1) is 15.3. The van der Waals surface area contributed by atoms with E-state index in [9.17, 15) is 9.59 Å². The van der Waals surface area contributed by atoms with Gasteiger partial charge in [-0.3, -0.25) is 9.59 Å². The smallest absolute Gasteiger partial charge is 0.251 e. The van der Waals surface area contributed by atoms with E-state index in [0.29, 0.717) is 26.6 Å². The number of halogens is 2. The number of para-hydroxylation sites is 1. The van der Waals surface area contributed by atoms with Gasteiger partial charge in [0.1, 0.15) is 0 Å². The number of carbonyl (C=O) groups excluding carboxylic acids is 2. The number of aromatic nitrogens is 3. The molecule has 1 atom stereocenters. The summed E-state index contributed by atoms with van der Waals surface area (Å²) in [4.78, 5) is 25.0. The minimum absolute atomic E-state index is 0.0452. The number of thioether (sulfide) groups is 1. The lowest BCUT2D eigenvalue weighted by Gasteiger charge is -2.22. The summed E-state index contributed by atoms with van der Waals surface area (Å²) in [5.74, 6) is 0.395. The lowest BCUT2D eigenvalue weighted by atomic mass is 10.0. The van der Waals surface area contributed by atoms with Crippen molar-refractivity contribution < 1.29 is 9.59 Å². The van der Waals surface area contributed by atoms with Crippen molar-refractivity contribution in [2.45, 2.75) is 25.0 Å². The van der Waals surface area contributed by atoms with E-state index in [1.807, 2.05) is 51.2 Å². The highest BCUT2D eigenvalue weighted by Crippen LogP contribution is 2.26. The molecule has 32 heavy (non-hydrogen) atoms. The molecule has 0 aliphatic heterocycles. The van der Waals surface area contributed by atoms with E-state index in [1.165, 1.54) is 17.8 Å². The van der Waals surface area contributed by atoms with Gasteiger partial charge in [-0.25, -0.2) is 0 Å². The Bertz CT molecular complexity index is 1100. The molecule has 0 unspecified atom stereocenters. The zero-order valence-electron chi connectivity index (χ0n) is 17.8. The van der Waals surface area contributed by atoms with Crippen LogP contribution in [-0.2, 0) is 11.8 Å². The van der Waals surface area contributed by atoms with Gasteiger partial charge in [-0.1, -0.05) is 67.0 Å². The summed E-state index contributed by atoms with van der Waals surface area (Å²) in [5, 5.41) is 15.6. The Labute approximate surface area is 200 Å². The van der Waals surface area contributed by atoms with Crippen molar-refractivity contribution in [3.8, 4) is 0 Å². The molecule has 2 aromatic carbocycles. The van der Waals surface area contributed by atoms with Crippen molar-refractivity contribution in [2.75, 3.05) is 11.1 Å². The van der Waals surface area contributed by atoms with Crippen LogP contribution in [0.2, 0.25) is 10.0 Å². The molecule has 0 aliphatic rings. The molecule has 1 aromatic heterocycles. The van der Waals surface area contributed by atoms with Crippen LogP contribution in [0.5, 0.6) is 0 Å². The van der Waals surface area contributed by atoms with Gasteiger partial charge in [0.15, 0.2) is 11.0 Å². The van der Waals surface area contributed by atoms with Gasteiger partial charge in [0.2, 0.25) is 5.91 Å². The van der Waals surface area contributed by atoms with Crippen LogP contribution in [0.25, 0.3) is 0 Å². The minimum atomic E-state index is -0.387. The fraction of sp³-hybridized carbons (Fsp3) is 0.273. The van der Waals surface area contributed by atoms with Crippen LogP contribution in [0.15, 0.2) is 53.7 Å². The molecule has 3 rings (SSSR count). The normalized spacial score (nSPS) is 11.9. The van der Waals surface area contributed by atoms with E-state index in [1.54, 1.807) is 16.7 Å². The highest BCUT2D eigenvalue weighted by Gasteiger charge is 2.25. The molecule has 10 heteroatoms. The number of nitrogens with one attached hydrogen (secondary N) is 2. The lowest BCUT2D eigenvalue weighted by Crippen LogP contribution is -2.33. The van der Waals surface area contributed by atoms with Gasteiger partial charge in [-0.15, -0.1) is 10.2 Å². The Hall–Kier alpha value is -2.55. The molecular weight excluding hydrogens is 469 g/mol. The summed E-state index contributed by atoms with van der Waals surface area (Å²) in [6, 6.07) is 13.6. The Balaban J connectivity index is 1.68. The van der Waals surface area contributed by atoms with Gasteiger partial charge < -0.3 is 15.2 Å². The standard InChI is InChI=1S/C22H23Cl2N5O2S/c1-13(2)19(26-21(31)14-9-10-16(23)17(24)11-14)20-27-28-22(29(20)3)32-12-18(30)25-15-7-5-4-6-8-15/h4-11,13,19H,12H2,1-3H3,(H,25,30)(H,26,31)/t19-/m1/s1. The number of rotatable bonds is 8. The van der Waals surface area contributed by atoms with Crippen LogP contribution >= 0.6 is 35.0 Å². The third-order valence-electron chi connectivity index (χ3n) is 4.67. The third-order valence-corrected chi connectivity index (χ3v) is 6.43. The minimum Gasteiger partial charge on any atom is -0.342 e. The molecule has 1 heterocycles. The highest BCUT2D eigenvalue weighted by atomic mass is 35.5. The SMILES string of the molecule is CC(C)[C@@H](NC(=O)c1ccc(Cl)c(Cl)c1)c1nnc(SCC(=O)Nc2ccccc2)n1C. The Morgan fingerprint density at radius 2 is 1.78 bits per heavy atom. The summed E-state index contributed by atoms with van der Waals surface area (Å²) in [6.45, 7) is 3.96. The summed E-state index contributed by atoms with van der Waals surface area (Å²) in [7, 11) is 1.81. The fourth-order valence-corrected chi connectivity index (χ4v) is 3.98. The molecule has 168 valence electrons. The highest BCUT2D eigenvalue weighted by molar-refractivity contribution is 7.99. The van der Waals surface area contributed by atoms with Crippen LogP contribution in [0.3, 0.4) is 0 Å². The van der Waals surface area contributed by atoms with Gasteiger partial charge in [0.25, 0.3) is 5.91 Å². The second-order valence-electron chi connectivity index (χ2n) is 7.43. The summed E-state index contributed by atoms with van der Waals surface area (Å²) >= 11 is 13.3.